The molecule has 0 saturated carbocycles. The number of hydrogen-bond acceptors (Lipinski definition) is 2. The minimum atomic E-state index is -1.59. The first-order chi connectivity index (χ1) is 7.06. The molecule has 1 fully saturated rings. The molecule has 0 amide bonds. The van der Waals surface area contributed by atoms with Gasteiger partial charge in [-0.25, -0.2) is 0 Å². The summed E-state index contributed by atoms with van der Waals surface area (Å²) in [5.41, 5.74) is 0.125. The molecule has 1 atom stereocenters. The van der Waals surface area contributed by atoms with E-state index in [0.717, 1.165) is 6.54 Å². The Morgan fingerprint density at radius 3 is 2.67 bits per heavy atom. The molecule has 0 aromatic carbocycles. The molecule has 1 aliphatic heterocycles. The fourth-order valence-electron chi connectivity index (χ4n) is 1.89. The second-order valence-electron chi connectivity index (χ2n) is 4.25. The van der Waals surface area contributed by atoms with Crippen molar-refractivity contribution in [3.63, 3.8) is 0 Å². The topological polar surface area (TPSA) is 12.5 Å². The molecular weight excluding hydrogens is 200 g/mol. The average Bonchev–Trinajstić information content (AvgIpc) is 2.38. The minimum Gasteiger partial charge on any atom is -0.375 e. The summed E-state index contributed by atoms with van der Waals surface area (Å²) < 4.78 is 30.3. The van der Waals surface area contributed by atoms with E-state index in [1.807, 2.05) is 6.92 Å². The molecule has 0 spiro atoms. The summed E-state index contributed by atoms with van der Waals surface area (Å²) in [6.07, 6.45) is -1.59. The number of ether oxygens (including phenoxy) is 1. The zero-order chi connectivity index (χ0) is 11.4. The first-order valence-electron chi connectivity index (χ1n) is 5.41. The van der Waals surface area contributed by atoms with E-state index < -0.39 is 6.08 Å². The molecule has 1 unspecified atom stereocenters. The van der Waals surface area contributed by atoms with Crippen LogP contribution in [0.25, 0.3) is 0 Å². The van der Waals surface area contributed by atoms with Crippen LogP contribution in [-0.2, 0) is 4.74 Å². The SMILES string of the molecule is CCN1CC(=C(F)F)COCC1C(C)C. The molecule has 4 heteroatoms. The summed E-state index contributed by atoms with van der Waals surface area (Å²) in [6.45, 7) is 7.91. The van der Waals surface area contributed by atoms with Crippen molar-refractivity contribution < 1.29 is 13.5 Å². The summed E-state index contributed by atoms with van der Waals surface area (Å²) in [4.78, 5) is 2.06. The summed E-state index contributed by atoms with van der Waals surface area (Å²) in [7, 11) is 0. The quantitative estimate of drug-likeness (QED) is 0.707. The largest absolute Gasteiger partial charge is 0.375 e. The lowest BCUT2D eigenvalue weighted by Crippen LogP contribution is -2.41. The van der Waals surface area contributed by atoms with Crippen LogP contribution in [0.5, 0.6) is 0 Å². The van der Waals surface area contributed by atoms with Gasteiger partial charge in [0.15, 0.2) is 0 Å². The van der Waals surface area contributed by atoms with Gasteiger partial charge in [0.25, 0.3) is 6.08 Å². The van der Waals surface area contributed by atoms with Gasteiger partial charge < -0.3 is 4.74 Å². The van der Waals surface area contributed by atoms with Gasteiger partial charge in [-0.2, -0.15) is 8.78 Å². The highest BCUT2D eigenvalue weighted by Gasteiger charge is 2.26. The van der Waals surface area contributed by atoms with Crippen LogP contribution in [0.4, 0.5) is 8.78 Å². The van der Waals surface area contributed by atoms with Gasteiger partial charge in [-0.3, -0.25) is 4.90 Å². The summed E-state index contributed by atoms with van der Waals surface area (Å²) in [6, 6.07) is 0.242. The Morgan fingerprint density at radius 1 is 1.53 bits per heavy atom. The van der Waals surface area contributed by atoms with Crippen molar-refractivity contribution in [2.45, 2.75) is 26.8 Å². The second kappa shape index (κ2) is 5.56. The Hall–Kier alpha value is -0.480. The summed E-state index contributed by atoms with van der Waals surface area (Å²) in [5.74, 6) is 0.423. The van der Waals surface area contributed by atoms with Crippen LogP contribution in [0.2, 0.25) is 0 Å². The first kappa shape index (κ1) is 12.6. The van der Waals surface area contributed by atoms with Crippen LogP contribution in [0.1, 0.15) is 20.8 Å². The third kappa shape index (κ3) is 3.24. The van der Waals surface area contributed by atoms with Gasteiger partial charge in [-0.15, -0.1) is 0 Å². The monoisotopic (exact) mass is 219 g/mol. The van der Waals surface area contributed by atoms with Crippen molar-refractivity contribution in [2.24, 2.45) is 5.92 Å². The van der Waals surface area contributed by atoms with Crippen molar-refractivity contribution >= 4 is 0 Å². The third-order valence-electron chi connectivity index (χ3n) is 2.87. The summed E-state index contributed by atoms with van der Waals surface area (Å²) in [5, 5.41) is 0. The highest BCUT2D eigenvalue weighted by atomic mass is 19.3. The van der Waals surface area contributed by atoms with Gasteiger partial charge >= 0.3 is 0 Å². The number of nitrogens with zero attached hydrogens (tertiary/aromatic N) is 1. The molecular formula is C11H19F2NO. The maximum absolute atomic E-state index is 12.5. The molecule has 1 aliphatic rings. The molecule has 0 aliphatic carbocycles. The van der Waals surface area contributed by atoms with Gasteiger partial charge in [0.1, 0.15) is 0 Å². The zero-order valence-electron chi connectivity index (χ0n) is 9.59. The maximum Gasteiger partial charge on any atom is 0.273 e. The number of likely N-dealkylation sites (N-methyl/N-ethyl adjacent to an activating group) is 1. The lowest BCUT2D eigenvalue weighted by molar-refractivity contribution is 0.0814. The van der Waals surface area contributed by atoms with E-state index in [0.29, 0.717) is 19.1 Å². The van der Waals surface area contributed by atoms with Crippen LogP contribution >= 0.6 is 0 Å². The van der Waals surface area contributed by atoms with E-state index in [-0.39, 0.29) is 18.2 Å². The summed E-state index contributed by atoms with van der Waals surface area (Å²) >= 11 is 0. The van der Waals surface area contributed by atoms with Crippen LogP contribution < -0.4 is 0 Å². The van der Waals surface area contributed by atoms with Crippen molar-refractivity contribution in [2.75, 3.05) is 26.3 Å². The van der Waals surface area contributed by atoms with Gasteiger partial charge in [0, 0.05) is 18.2 Å². The molecule has 0 radical (unpaired) electrons. The van der Waals surface area contributed by atoms with E-state index in [2.05, 4.69) is 18.7 Å². The molecule has 2 nitrogen and oxygen atoms in total. The van der Waals surface area contributed by atoms with Crippen LogP contribution in [0.3, 0.4) is 0 Å². The fraction of sp³-hybridized carbons (Fsp3) is 0.818. The molecule has 0 aromatic rings. The maximum atomic E-state index is 12.5. The van der Waals surface area contributed by atoms with Gasteiger partial charge in [0.2, 0.25) is 0 Å². The normalized spacial score (nSPS) is 24.4. The standard InChI is InChI=1S/C11H19F2NO/c1-4-14-5-9(11(12)13)6-15-7-10(14)8(2)3/h8,10H,4-7H2,1-3H3. The number of halogens is 2. The van der Waals surface area contributed by atoms with Crippen LogP contribution in [0, 0.1) is 5.92 Å². The molecule has 0 bridgehead atoms. The average molecular weight is 219 g/mol. The van der Waals surface area contributed by atoms with Crippen LogP contribution in [0.15, 0.2) is 11.7 Å². The number of hydrogen-bond donors (Lipinski definition) is 0. The molecule has 88 valence electrons. The first-order valence-corrected chi connectivity index (χ1v) is 5.41. The smallest absolute Gasteiger partial charge is 0.273 e. The molecule has 1 rings (SSSR count). The van der Waals surface area contributed by atoms with E-state index in [9.17, 15) is 8.78 Å². The van der Waals surface area contributed by atoms with E-state index in [4.69, 9.17) is 4.74 Å². The highest BCUT2D eigenvalue weighted by molar-refractivity contribution is 5.07. The van der Waals surface area contributed by atoms with Crippen LogP contribution in [-0.4, -0.2) is 37.2 Å². The zero-order valence-corrected chi connectivity index (χ0v) is 9.59. The molecule has 1 saturated heterocycles. The van der Waals surface area contributed by atoms with Gasteiger partial charge in [0.05, 0.1) is 13.2 Å². The third-order valence-corrected chi connectivity index (χ3v) is 2.87. The van der Waals surface area contributed by atoms with Crippen molar-refractivity contribution in [3.05, 3.63) is 11.7 Å². The molecule has 0 aromatic heterocycles. The van der Waals surface area contributed by atoms with E-state index >= 15 is 0 Å². The Bertz CT molecular complexity index is 237. The molecule has 0 N–H and O–H groups in total. The van der Waals surface area contributed by atoms with Gasteiger partial charge in [-0.05, 0) is 12.5 Å². The number of rotatable bonds is 2. The lowest BCUT2D eigenvalue weighted by Gasteiger charge is -2.30. The Morgan fingerprint density at radius 2 is 2.20 bits per heavy atom. The van der Waals surface area contributed by atoms with E-state index in [1.165, 1.54) is 0 Å². The Kier molecular flexibility index (Phi) is 4.67. The fourth-order valence-corrected chi connectivity index (χ4v) is 1.89. The Balaban J connectivity index is 2.78. The lowest BCUT2D eigenvalue weighted by atomic mass is 10.0. The molecule has 15 heavy (non-hydrogen) atoms. The minimum absolute atomic E-state index is 0.0715. The van der Waals surface area contributed by atoms with Crippen molar-refractivity contribution in [3.8, 4) is 0 Å². The Labute approximate surface area is 89.9 Å². The van der Waals surface area contributed by atoms with Crippen molar-refractivity contribution in [1.82, 2.24) is 4.90 Å². The highest BCUT2D eigenvalue weighted by Crippen LogP contribution is 2.20. The van der Waals surface area contributed by atoms with E-state index in [1.54, 1.807) is 0 Å². The predicted molar refractivity (Wildman–Crippen MR) is 55.9 cm³/mol. The van der Waals surface area contributed by atoms with Crippen molar-refractivity contribution in [1.29, 1.82) is 0 Å². The predicted octanol–water partition coefficient (Wildman–Crippen LogP) is 2.51. The molecule has 1 heterocycles. The van der Waals surface area contributed by atoms with Gasteiger partial charge in [-0.1, -0.05) is 20.8 Å². The second-order valence-corrected chi connectivity index (χ2v) is 4.25.